The topological polar surface area (TPSA) is 61.3 Å². The fraction of sp³-hybridized carbons (Fsp3) is 0.692. The highest BCUT2D eigenvalue weighted by Crippen LogP contribution is 2.26. The fourth-order valence-corrected chi connectivity index (χ4v) is 2.31. The molecule has 1 aromatic heterocycles. The van der Waals surface area contributed by atoms with Gasteiger partial charge in [0.15, 0.2) is 0 Å². The van der Waals surface area contributed by atoms with E-state index in [0.717, 1.165) is 36.8 Å². The zero-order valence-electron chi connectivity index (χ0n) is 11.3. The Hall–Kier alpha value is -1.36. The van der Waals surface area contributed by atoms with Gasteiger partial charge in [0.25, 0.3) is 0 Å². The first-order valence-electron chi connectivity index (χ1n) is 6.60. The summed E-state index contributed by atoms with van der Waals surface area (Å²) in [4.78, 5) is 11.3. The maximum atomic E-state index is 9.40. The molecule has 5 nitrogen and oxygen atoms in total. The second kappa shape index (κ2) is 5.52. The van der Waals surface area contributed by atoms with Crippen LogP contribution >= 0.6 is 0 Å². The molecule has 0 radical (unpaired) electrons. The quantitative estimate of drug-likeness (QED) is 0.850. The van der Waals surface area contributed by atoms with Crippen LogP contribution in [0.4, 0.5) is 11.6 Å². The van der Waals surface area contributed by atoms with Crippen molar-refractivity contribution in [2.24, 2.45) is 0 Å². The molecule has 0 amide bonds. The standard InChI is InChI=1S/C13H22N4O/c1-9(2)13-15-11(14-3)7-12(16-13)17-6-4-5-10(17)8-18/h7,9-10,18H,4-6,8H2,1-3H3,(H,14,15,16). The highest BCUT2D eigenvalue weighted by molar-refractivity contribution is 5.50. The van der Waals surface area contributed by atoms with E-state index in [1.165, 1.54) is 0 Å². The lowest BCUT2D eigenvalue weighted by molar-refractivity contribution is 0.266. The van der Waals surface area contributed by atoms with Gasteiger partial charge in [0.1, 0.15) is 17.5 Å². The second-order valence-electron chi connectivity index (χ2n) is 5.05. The Balaban J connectivity index is 2.34. The van der Waals surface area contributed by atoms with E-state index in [4.69, 9.17) is 0 Å². The van der Waals surface area contributed by atoms with E-state index in [1.807, 2.05) is 13.1 Å². The minimum absolute atomic E-state index is 0.190. The molecule has 1 unspecified atom stereocenters. The van der Waals surface area contributed by atoms with E-state index in [0.29, 0.717) is 5.92 Å². The summed E-state index contributed by atoms with van der Waals surface area (Å²) in [6.45, 7) is 5.33. The number of aliphatic hydroxyl groups is 1. The van der Waals surface area contributed by atoms with Crippen LogP contribution in [0.2, 0.25) is 0 Å². The summed E-state index contributed by atoms with van der Waals surface area (Å²) in [5, 5.41) is 12.5. The van der Waals surface area contributed by atoms with Crippen LogP contribution in [-0.4, -0.2) is 41.3 Å². The number of anilines is 2. The highest BCUT2D eigenvalue weighted by atomic mass is 16.3. The van der Waals surface area contributed by atoms with Crippen molar-refractivity contribution in [3.8, 4) is 0 Å². The molecule has 2 rings (SSSR count). The summed E-state index contributed by atoms with van der Waals surface area (Å²) >= 11 is 0. The molecule has 2 N–H and O–H groups in total. The third-order valence-corrected chi connectivity index (χ3v) is 3.38. The van der Waals surface area contributed by atoms with Crippen LogP contribution in [0.1, 0.15) is 38.4 Å². The molecule has 1 aliphatic heterocycles. The van der Waals surface area contributed by atoms with Crippen molar-refractivity contribution in [1.29, 1.82) is 0 Å². The molecule has 100 valence electrons. The third-order valence-electron chi connectivity index (χ3n) is 3.38. The van der Waals surface area contributed by atoms with E-state index in [1.54, 1.807) is 0 Å². The number of nitrogens with one attached hydrogen (secondary N) is 1. The van der Waals surface area contributed by atoms with E-state index >= 15 is 0 Å². The molecule has 1 fully saturated rings. The van der Waals surface area contributed by atoms with Crippen LogP contribution in [0.3, 0.4) is 0 Å². The maximum Gasteiger partial charge on any atom is 0.135 e. The van der Waals surface area contributed by atoms with Gasteiger partial charge in [0.2, 0.25) is 0 Å². The van der Waals surface area contributed by atoms with Gasteiger partial charge in [0.05, 0.1) is 12.6 Å². The molecule has 1 aliphatic rings. The van der Waals surface area contributed by atoms with Gasteiger partial charge in [-0.1, -0.05) is 13.8 Å². The normalized spacial score (nSPS) is 19.6. The molecule has 5 heteroatoms. The van der Waals surface area contributed by atoms with Crippen molar-refractivity contribution in [3.05, 3.63) is 11.9 Å². The molecular weight excluding hydrogens is 228 g/mol. The van der Waals surface area contributed by atoms with Crippen LogP contribution < -0.4 is 10.2 Å². The predicted octanol–water partition coefficient (Wildman–Crippen LogP) is 1.60. The second-order valence-corrected chi connectivity index (χ2v) is 5.05. The van der Waals surface area contributed by atoms with Crippen LogP contribution in [0.15, 0.2) is 6.07 Å². The Morgan fingerprint density at radius 3 is 2.89 bits per heavy atom. The first-order valence-corrected chi connectivity index (χ1v) is 6.60. The van der Waals surface area contributed by atoms with Crippen LogP contribution in [0.25, 0.3) is 0 Å². The summed E-state index contributed by atoms with van der Waals surface area (Å²) < 4.78 is 0. The van der Waals surface area contributed by atoms with Crippen LogP contribution in [0.5, 0.6) is 0 Å². The molecule has 0 spiro atoms. The molecule has 0 aromatic carbocycles. The minimum atomic E-state index is 0.190. The molecule has 0 aliphatic carbocycles. The summed E-state index contributed by atoms with van der Waals surface area (Å²) in [6.07, 6.45) is 2.15. The first kappa shape index (κ1) is 13.1. The average molecular weight is 250 g/mol. The Morgan fingerprint density at radius 2 is 2.28 bits per heavy atom. The lowest BCUT2D eigenvalue weighted by Gasteiger charge is -2.25. The summed E-state index contributed by atoms with van der Waals surface area (Å²) in [5.74, 6) is 2.91. The third kappa shape index (κ3) is 2.56. The lowest BCUT2D eigenvalue weighted by Crippen LogP contribution is -2.33. The lowest BCUT2D eigenvalue weighted by atomic mass is 10.2. The minimum Gasteiger partial charge on any atom is -0.394 e. The van der Waals surface area contributed by atoms with Gasteiger partial charge in [-0.15, -0.1) is 0 Å². The maximum absolute atomic E-state index is 9.40. The molecule has 2 heterocycles. The number of aromatic nitrogens is 2. The van der Waals surface area contributed by atoms with Crippen molar-refractivity contribution in [2.75, 3.05) is 30.4 Å². The van der Waals surface area contributed by atoms with Gasteiger partial charge < -0.3 is 15.3 Å². The van der Waals surface area contributed by atoms with Crippen molar-refractivity contribution in [3.63, 3.8) is 0 Å². The molecular formula is C13H22N4O. The summed E-state index contributed by atoms with van der Waals surface area (Å²) in [6, 6.07) is 2.16. The first-order chi connectivity index (χ1) is 8.65. The van der Waals surface area contributed by atoms with Crippen molar-refractivity contribution < 1.29 is 5.11 Å². The van der Waals surface area contributed by atoms with E-state index in [9.17, 15) is 5.11 Å². The van der Waals surface area contributed by atoms with E-state index in [-0.39, 0.29) is 12.6 Å². The van der Waals surface area contributed by atoms with E-state index in [2.05, 4.69) is 34.0 Å². The SMILES string of the molecule is CNc1cc(N2CCCC2CO)nc(C(C)C)n1. The predicted molar refractivity (Wildman–Crippen MR) is 73.1 cm³/mol. The molecule has 1 saturated heterocycles. The summed E-state index contributed by atoms with van der Waals surface area (Å²) in [5.41, 5.74) is 0. The number of hydrogen-bond donors (Lipinski definition) is 2. The Labute approximate surface area is 108 Å². The number of rotatable bonds is 4. The van der Waals surface area contributed by atoms with E-state index < -0.39 is 0 Å². The van der Waals surface area contributed by atoms with Gasteiger partial charge in [-0.25, -0.2) is 9.97 Å². The average Bonchev–Trinajstić information content (AvgIpc) is 2.86. The zero-order chi connectivity index (χ0) is 13.1. The smallest absolute Gasteiger partial charge is 0.135 e. The monoisotopic (exact) mass is 250 g/mol. The van der Waals surface area contributed by atoms with Crippen LogP contribution in [-0.2, 0) is 0 Å². The van der Waals surface area contributed by atoms with Gasteiger partial charge in [-0.2, -0.15) is 0 Å². The Kier molecular flexibility index (Phi) is 4.01. The Bertz CT molecular complexity index is 408. The molecule has 18 heavy (non-hydrogen) atoms. The van der Waals surface area contributed by atoms with Gasteiger partial charge in [-0.3, -0.25) is 0 Å². The van der Waals surface area contributed by atoms with Gasteiger partial charge in [0, 0.05) is 25.6 Å². The molecule has 0 bridgehead atoms. The number of nitrogens with zero attached hydrogens (tertiary/aromatic N) is 3. The fourth-order valence-electron chi connectivity index (χ4n) is 2.31. The zero-order valence-corrected chi connectivity index (χ0v) is 11.3. The number of aliphatic hydroxyl groups excluding tert-OH is 1. The molecule has 0 saturated carbocycles. The molecule has 1 atom stereocenters. The molecule has 1 aromatic rings. The van der Waals surface area contributed by atoms with Crippen molar-refractivity contribution in [1.82, 2.24) is 9.97 Å². The largest absolute Gasteiger partial charge is 0.394 e. The number of hydrogen-bond acceptors (Lipinski definition) is 5. The van der Waals surface area contributed by atoms with Gasteiger partial charge >= 0.3 is 0 Å². The van der Waals surface area contributed by atoms with Crippen molar-refractivity contribution >= 4 is 11.6 Å². The van der Waals surface area contributed by atoms with Crippen LogP contribution in [0, 0.1) is 0 Å². The highest BCUT2D eigenvalue weighted by Gasteiger charge is 2.25. The summed E-state index contributed by atoms with van der Waals surface area (Å²) in [7, 11) is 1.86. The van der Waals surface area contributed by atoms with Crippen molar-refractivity contribution in [2.45, 2.75) is 38.6 Å². The van der Waals surface area contributed by atoms with Gasteiger partial charge in [-0.05, 0) is 12.8 Å². The Morgan fingerprint density at radius 1 is 1.50 bits per heavy atom.